The maximum atomic E-state index is 5.68. The summed E-state index contributed by atoms with van der Waals surface area (Å²) in [5.41, 5.74) is 8.88. The third-order valence-corrected chi connectivity index (χ3v) is 17.7. The Kier molecular flexibility index (Phi) is 7.12. The molecule has 0 spiro atoms. The van der Waals surface area contributed by atoms with Crippen LogP contribution in [0.3, 0.4) is 0 Å². The zero-order valence-electron chi connectivity index (χ0n) is 30.8. The van der Waals surface area contributed by atoms with Gasteiger partial charge in [-0.3, -0.25) is 0 Å². The Hall–Kier alpha value is -6.92. The number of thiophene rings is 1. The lowest BCUT2D eigenvalue weighted by Gasteiger charge is -2.30. The molecule has 1 aliphatic heterocycles. The van der Waals surface area contributed by atoms with Crippen LogP contribution in [0.15, 0.2) is 200 Å². The van der Waals surface area contributed by atoms with Crippen LogP contribution in [0.1, 0.15) is 0 Å². The minimum atomic E-state index is -2.89. The van der Waals surface area contributed by atoms with Crippen molar-refractivity contribution in [1.82, 2.24) is 14.5 Å². The smallest absolute Gasteiger partial charge is 0.203 e. The van der Waals surface area contributed by atoms with Gasteiger partial charge in [0.05, 0.1) is 22.0 Å². The summed E-state index contributed by atoms with van der Waals surface area (Å²) in [6.07, 6.45) is 0. The average Bonchev–Trinajstić information content (AvgIpc) is 3.93. The normalized spacial score (nSPS) is 13.1. The van der Waals surface area contributed by atoms with Crippen LogP contribution in [0.5, 0.6) is 0 Å². The second-order valence-corrected chi connectivity index (χ2v) is 19.6. The van der Waals surface area contributed by atoms with Crippen molar-refractivity contribution in [2.24, 2.45) is 0 Å². The first kappa shape index (κ1) is 32.3. The summed E-state index contributed by atoms with van der Waals surface area (Å²) in [5, 5.41) is 10.3. The van der Waals surface area contributed by atoms with E-state index >= 15 is 0 Å². The van der Waals surface area contributed by atoms with Crippen LogP contribution in [0.2, 0.25) is 0 Å². The highest BCUT2D eigenvalue weighted by Crippen LogP contribution is 2.44. The Morgan fingerprint density at radius 1 is 0.456 bits per heavy atom. The lowest BCUT2D eigenvalue weighted by molar-refractivity contribution is 1.17. The Balaban J connectivity index is 1.17. The highest BCUT2D eigenvalue weighted by atomic mass is 32.1. The van der Waals surface area contributed by atoms with Gasteiger partial charge < -0.3 is 4.57 Å². The van der Waals surface area contributed by atoms with Gasteiger partial charge in [-0.05, 0) is 57.5 Å². The fourth-order valence-electron chi connectivity index (χ4n) is 9.54. The molecule has 4 heterocycles. The highest BCUT2D eigenvalue weighted by molar-refractivity contribution is 7.26. The second kappa shape index (κ2) is 12.5. The molecule has 266 valence electrons. The molecule has 11 aromatic rings. The van der Waals surface area contributed by atoms with Gasteiger partial charge in [0.15, 0.2) is 5.82 Å². The van der Waals surface area contributed by atoms with Gasteiger partial charge in [-0.2, -0.15) is 0 Å². The summed E-state index contributed by atoms with van der Waals surface area (Å²) in [6.45, 7) is 0. The number of para-hydroxylation sites is 1. The molecule has 0 atom stereocenters. The van der Waals surface area contributed by atoms with Crippen LogP contribution in [0, 0.1) is 0 Å². The van der Waals surface area contributed by atoms with Crippen molar-refractivity contribution < 1.29 is 0 Å². The zero-order chi connectivity index (χ0) is 37.5. The number of nitrogens with zero attached hydrogens (tertiary/aromatic N) is 3. The van der Waals surface area contributed by atoms with Gasteiger partial charge in [-0.25, -0.2) is 9.97 Å². The SMILES string of the molecule is c1ccc(-c2nc(-c3cccc(-n4c5ccccc5c5c6c(ccc54)sc4ccccc46)c3)c3c(n2)[Si](c2ccccc2)(c2ccccc2)c2ccccc2-3)cc1. The van der Waals surface area contributed by atoms with Crippen LogP contribution >= 0.6 is 11.3 Å². The molecule has 5 heteroatoms. The minimum absolute atomic E-state index is 0.745. The van der Waals surface area contributed by atoms with E-state index in [1.54, 1.807) is 0 Å². The largest absolute Gasteiger partial charge is 0.309 e. The fourth-order valence-corrected chi connectivity index (χ4v) is 15.7. The molecule has 0 bridgehead atoms. The van der Waals surface area contributed by atoms with E-state index in [9.17, 15) is 0 Å². The number of fused-ring (bicyclic) bond motifs is 10. The first-order chi connectivity index (χ1) is 28.3. The Labute approximate surface area is 334 Å². The maximum absolute atomic E-state index is 5.68. The van der Waals surface area contributed by atoms with E-state index in [1.165, 1.54) is 63.1 Å². The number of hydrogen-bond donors (Lipinski definition) is 0. The van der Waals surface area contributed by atoms with E-state index in [4.69, 9.17) is 9.97 Å². The lowest BCUT2D eigenvalue weighted by atomic mass is 10.00. The predicted octanol–water partition coefficient (Wildman–Crippen LogP) is 10.6. The average molecular weight is 760 g/mol. The lowest BCUT2D eigenvalue weighted by Crippen LogP contribution is -2.73. The Morgan fingerprint density at radius 2 is 1.11 bits per heavy atom. The fraction of sp³-hybridized carbons (Fsp3) is 0. The predicted molar refractivity (Wildman–Crippen MR) is 243 cm³/mol. The molecule has 0 saturated heterocycles. The summed E-state index contributed by atoms with van der Waals surface area (Å²) in [7, 11) is -2.89. The first-order valence-electron chi connectivity index (χ1n) is 19.4. The van der Waals surface area contributed by atoms with Gasteiger partial charge in [0.2, 0.25) is 8.07 Å². The molecular weight excluding hydrogens is 727 g/mol. The van der Waals surface area contributed by atoms with Crippen LogP contribution in [0.25, 0.3) is 81.4 Å². The number of benzene rings is 8. The standard InChI is InChI=1S/C52H33N3SSi/c1-4-17-34(18-5-1)51-53-50(49-41-27-12-15-30-46(41)57(52(49)54-51,37-21-6-2-7-22-37)38-23-8-3-9-24-38)35-19-16-20-36(33-35)55-42-28-13-10-25-39(42)47-43(55)31-32-45-48(47)40-26-11-14-29-44(40)56-45/h1-33H. The maximum Gasteiger partial charge on any atom is 0.203 e. The van der Waals surface area contributed by atoms with E-state index < -0.39 is 8.07 Å². The molecule has 0 saturated carbocycles. The van der Waals surface area contributed by atoms with Gasteiger partial charge >= 0.3 is 0 Å². The van der Waals surface area contributed by atoms with E-state index in [2.05, 4.69) is 205 Å². The molecule has 3 aromatic heterocycles. The molecule has 0 N–H and O–H groups in total. The molecule has 0 aliphatic carbocycles. The van der Waals surface area contributed by atoms with E-state index in [0.717, 1.165) is 39.2 Å². The molecule has 0 amide bonds. The van der Waals surface area contributed by atoms with Crippen LogP contribution in [-0.4, -0.2) is 22.6 Å². The first-order valence-corrected chi connectivity index (χ1v) is 22.2. The zero-order valence-corrected chi connectivity index (χ0v) is 32.6. The highest BCUT2D eigenvalue weighted by Gasteiger charge is 2.51. The third kappa shape index (κ3) is 4.64. The Morgan fingerprint density at radius 3 is 1.89 bits per heavy atom. The van der Waals surface area contributed by atoms with Crippen molar-refractivity contribution in [1.29, 1.82) is 0 Å². The van der Waals surface area contributed by atoms with Gasteiger partial charge in [-0.1, -0.05) is 164 Å². The summed E-state index contributed by atoms with van der Waals surface area (Å²) < 4.78 is 5.07. The van der Waals surface area contributed by atoms with Gasteiger partial charge in [0, 0.05) is 53.3 Å². The van der Waals surface area contributed by atoms with Gasteiger partial charge in [-0.15, -0.1) is 11.3 Å². The molecule has 57 heavy (non-hydrogen) atoms. The van der Waals surface area contributed by atoms with E-state index in [-0.39, 0.29) is 0 Å². The molecule has 0 unspecified atom stereocenters. The van der Waals surface area contributed by atoms with Crippen molar-refractivity contribution >= 4 is 82.3 Å². The monoisotopic (exact) mass is 759 g/mol. The van der Waals surface area contributed by atoms with Gasteiger partial charge in [0.25, 0.3) is 0 Å². The number of rotatable bonds is 5. The minimum Gasteiger partial charge on any atom is -0.309 e. The van der Waals surface area contributed by atoms with E-state index in [0.29, 0.717) is 0 Å². The van der Waals surface area contributed by atoms with Crippen molar-refractivity contribution in [3.8, 4) is 39.5 Å². The molecule has 8 aromatic carbocycles. The van der Waals surface area contributed by atoms with Crippen LogP contribution in [0.4, 0.5) is 0 Å². The van der Waals surface area contributed by atoms with Crippen molar-refractivity contribution in [2.45, 2.75) is 0 Å². The van der Waals surface area contributed by atoms with E-state index in [1.807, 2.05) is 11.3 Å². The Bertz CT molecular complexity index is 3310. The van der Waals surface area contributed by atoms with Crippen LogP contribution < -0.4 is 20.9 Å². The quantitative estimate of drug-likeness (QED) is 0.164. The van der Waals surface area contributed by atoms with Gasteiger partial charge in [0.1, 0.15) is 0 Å². The van der Waals surface area contributed by atoms with Crippen molar-refractivity contribution in [3.63, 3.8) is 0 Å². The number of aromatic nitrogens is 3. The molecule has 12 rings (SSSR count). The molecule has 1 aliphatic rings. The summed E-state index contributed by atoms with van der Waals surface area (Å²) in [4.78, 5) is 11.2. The molecule has 3 nitrogen and oxygen atoms in total. The summed E-state index contributed by atoms with van der Waals surface area (Å²) >= 11 is 1.87. The van der Waals surface area contributed by atoms with Crippen molar-refractivity contribution in [3.05, 3.63) is 200 Å². The molecule has 0 fully saturated rings. The summed E-state index contributed by atoms with van der Waals surface area (Å²) in [5.74, 6) is 0.745. The van der Waals surface area contributed by atoms with Crippen molar-refractivity contribution in [2.75, 3.05) is 0 Å². The number of hydrogen-bond acceptors (Lipinski definition) is 3. The topological polar surface area (TPSA) is 30.7 Å². The third-order valence-electron chi connectivity index (χ3n) is 11.9. The second-order valence-electron chi connectivity index (χ2n) is 14.8. The summed E-state index contributed by atoms with van der Waals surface area (Å²) in [6, 6.07) is 72.9. The molecule has 0 radical (unpaired) electrons. The molecular formula is C52H33N3SSi. The van der Waals surface area contributed by atoms with Crippen LogP contribution in [-0.2, 0) is 0 Å².